The van der Waals surface area contributed by atoms with Crippen molar-refractivity contribution in [2.75, 3.05) is 0 Å². The van der Waals surface area contributed by atoms with Gasteiger partial charge < -0.3 is 74.1 Å². The molecule has 0 amide bonds. The third-order valence-corrected chi connectivity index (χ3v) is 0. The summed E-state index contributed by atoms with van der Waals surface area (Å²) in [5, 5.41) is 0. The van der Waals surface area contributed by atoms with Gasteiger partial charge in [-0.15, -0.1) is 0 Å². The molecule has 0 unspecified atom stereocenters. The van der Waals surface area contributed by atoms with Crippen molar-refractivity contribution in [1.82, 2.24) is 0 Å². The van der Waals surface area contributed by atoms with E-state index in [9.17, 15) is 0 Å². The summed E-state index contributed by atoms with van der Waals surface area (Å²) in [6.45, 7) is 0. The second-order valence-electron chi connectivity index (χ2n) is 0. The van der Waals surface area contributed by atoms with Crippen LogP contribution in [-0.4, -0.2) is 95.4 Å². The normalized spacial score (nSPS) is 0. The standard InChI is InChI=1S/2ClH.2Mg.9H2O/h2*1H;;;9*1H2/q;;2*+2;;;;;;;;;/p-2. The van der Waals surface area contributed by atoms with E-state index in [4.69, 9.17) is 0 Å². The van der Waals surface area contributed by atoms with Crippen LogP contribution in [0.5, 0.6) is 0 Å². The van der Waals surface area contributed by atoms with E-state index in [1.54, 1.807) is 0 Å². The molecule has 0 radical (unpaired) electrons. The summed E-state index contributed by atoms with van der Waals surface area (Å²) in [4.78, 5) is 0. The Morgan fingerprint density at radius 1 is 0.231 bits per heavy atom. The van der Waals surface area contributed by atoms with Crippen LogP contribution >= 0.6 is 0 Å². The van der Waals surface area contributed by atoms with E-state index in [1.807, 2.05) is 0 Å². The third-order valence-electron chi connectivity index (χ3n) is 0. The predicted octanol–water partition coefficient (Wildman–Crippen LogP) is -14.2. The second-order valence-corrected chi connectivity index (χ2v) is 0. The van der Waals surface area contributed by atoms with Crippen LogP contribution in [0.15, 0.2) is 0 Å². The summed E-state index contributed by atoms with van der Waals surface area (Å²) in [5.41, 5.74) is 0. The minimum Gasteiger partial charge on any atom is -1.00 e. The molecule has 0 heterocycles. The van der Waals surface area contributed by atoms with Gasteiger partial charge in [0.15, 0.2) is 0 Å². The average Bonchev–Trinajstić information content (AvgIpc) is 0. The van der Waals surface area contributed by atoms with Crippen LogP contribution in [0, 0.1) is 0 Å². The molecule has 13 heteroatoms. The van der Waals surface area contributed by atoms with Gasteiger partial charge in [0, 0.05) is 0 Å². The van der Waals surface area contributed by atoms with Gasteiger partial charge in [-0.2, -0.15) is 0 Å². The summed E-state index contributed by atoms with van der Waals surface area (Å²) in [5.74, 6) is 0. The molecule has 88 valence electrons. The third kappa shape index (κ3) is 618. The van der Waals surface area contributed by atoms with Gasteiger partial charge in [-0.1, -0.05) is 0 Å². The molecular weight excluding hydrogens is 264 g/mol. The largest absolute Gasteiger partial charge is 2.00 e. The van der Waals surface area contributed by atoms with Gasteiger partial charge in [0.05, 0.1) is 0 Å². The first-order chi connectivity index (χ1) is 0. The van der Waals surface area contributed by atoms with Gasteiger partial charge in [0.1, 0.15) is 0 Å². The maximum absolute atomic E-state index is 0. The Morgan fingerprint density at radius 2 is 0.231 bits per heavy atom. The Bertz CT molecular complexity index is 15.6. The number of hydrogen-bond acceptors (Lipinski definition) is 0. The van der Waals surface area contributed by atoms with E-state index in [0.717, 1.165) is 0 Å². The molecule has 0 aromatic carbocycles. The van der Waals surface area contributed by atoms with E-state index in [2.05, 4.69) is 0 Å². The molecule has 18 N–H and O–H groups in total. The molecule has 0 aromatic heterocycles. The Hall–Kier alpha value is 1.75. The topological polar surface area (TPSA) is 284 Å². The molecule has 0 aliphatic heterocycles. The van der Waals surface area contributed by atoms with Crippen molar-refractivity contribution in [1.29, 1.82) is 0 Å². The van der Waals surface area contributed by atoms with Gasteiger partial charge >= 0.3 is 46.1 Å². The molecule has 0 aliphatic carbocycles. The quantitative estimate of drug-likeness (QED) is 0.373. The SMILES string of the molecule is O.O.O.O.O.O.O.O.O.[Cl-].[Cl-].[Mg+2].[Mg+2]. The fourth-order valence-electron chi connectivity index (χ4n) is 0. The molecule has 0 aliphatic rings. The van der Waals surface area contributed by atoms with Gasteiger partial charge in [0.2, 0.25) is 0 Å². The van der Waals surface area contributed by atoms with Crippen molar-refractivity contribution in [3.63, 3.8) is 0 Å². The molecule has 0 saturated heterocycles. The minimum absolute atomic E-state index is 0. The van der Waals surface area contributed by atoms with Crippen LogP contribution in [0.3, 0.4) is 0 Å². The van der Waals surface area contributed by atoms with E-state index < -0.39 is 0 Å². The van der Waals surface area contributed by atoms with Crippen LogP contribution < -0.4 is 24.8 Å². The fraction of sp³-hybridized carbons (Fsp3) is 0. The molecule has 0 fully saturated rings. The van der Waals surface area contributed by atoms with Crippen molar-refractivity contribution < 1.29 is 74.1 Å². The Balaban J connectivity index is 0. The zero-order chi connectivity index (χ0) is 0. The molecule has 9 nitrogen and oxygen atoms in total. The maximum atomic E-state index is 0. The van der Waals surface area contributed by atoms with E-state index in [-0.39, 0.29) is 120 Å². The Labute approximate surface area is 120 Å². The first-order valence-corrected chi connectivity index (χ1v) is 0. The van der Waals surface area contributed by atoms with E-state index >= 15 is 0 Å². The summed E-state index contributed by atoms with van der Waals surface area (Å²) < 4.78 is 0. The van der Waals surface area contributed by atoms with Crippen LogP contribution in [0.25, 0.3) is 0 Å². The first-order valence-electron chi connectivity index (χ1n) is 0. The summed E-state index contributed by atoms with van der Waals surface area (Å²) in [6.07, 6.45) is 0. The van der Waals surface area contributed by atoms with Gasteiger partial charge in [-0.25, -0.2) is 0 Å². The van der Waals surface area contributed by atoms with Crippen molar-refractivity contribution in [3.05, 3.63) is 0 Å². The smallest absolute Gasteiger partial charge is 1.00 e. The summed E-state index contributed by atoms with van der Waals surface area (Å²) in [7, 11) is 0. The molecule has 0 atom stereocenters. The molecule has 0 rings (SSSR count). The van der Waals surface area contributed by atoms with Crippen molar-refractivity contribution in [3.8, 4) is 0 Å². The Kier molecular flexibility index (Phi) is 50900. The van der Waals surface area contributed by atoms with Gasteiger partial charge in [0.25, 0.3) is 0 Å². The number of rotatable bonds is 0. The maximum Gasteiger partial charge on any atom is 2.00 e. The molecule has 0 spiro atoms. The molecule has 0 saturated carbocycles. The second kappa shape index (κ2) is 728. The molecule has 0 bridgehead atoms. The van der Waals surface area contributed by atoms with Crippen LogP contribution in [0.4, 0.5) is 0 Å². The van der Waals surface area contributed by atoms with Crippen molar-refractivity contribution >= 4 is 46.1 Å². The average molecular weight is 282 g/mol. The fourth-order valence-corrected chi connectivity index (χ4v) is 0. The van der Waals surface area contributed by atoms with Gasteiger partial charge in [-0.05, 0) is 0 Å². The zero-order valence-corrected chi connectivity index (χ0v) is 11.0. The molecule has 13 heavy (non-hydrogen) atoms. The Morgan fingerprint density at radius 3 is 0.231 bits per heavy atom. The van der Waals surface area contributed by atoms with Gasteiger partial charge in [-0.3, -0.25) is 0 Å². The number of halogens is 2. The number of hydrogen-bond donors (Lipinski definition) is 0. The van der Waals surface area contributed by atoms with Crippen molar-refractivity contribution in [2.45, 2.75) is 0 Å². The minimum atomic E-state index is 0. The van der Waals surface area contributed by atoms with E-state index in [1.165, 1.54) is 0 Å². The zero-order valence-electron chi connectivity index (χ0n) is 6.67. The van der Waals surface area contributed by atoms with Crippen LogP contribution in [0.2, 0.25) is 0 Å². The molecule has 0 aromatic rings. The first kappa shape index (κ1) is 909. The summed E-state index contributed by atoms with van der Waals surface area (Å²) in [6, 6.07) is 0. The van der Waals surface area contributed by atoms with E-state index in [0.29, 0.717) is 0 Å². The van der Waals surface area contributed by atoms with Crippen LogP contribution in [0.1, 0.15) is 0 Å². The monoisotopic (exact) mass is 280 g/mol. The van der Waals surface area contributed by atoms with Crippen molar-refractivity contribution in [2.24, 2.45) is 0 Å². The molecular formula is H18Cl2Mg2O9+2. The van der Waals surface area contributed by atoms with Crippen LogP contribution in [-0.2, 0) is 0 Å². The summed E-state index contributed by atoms with van der Waals surface area (Å²) >= 11 is 0. The predicted molar refractivity (Wildman–Crippen MR) is 44.0 cm³/mol.